The van der Waals surface area contributed by atoms with Crippen LogP contribution < -0.4 is 0 Å². The Labute approximate surface area is 146 Å². The normalized spacial score (nSPS) is 16.2. The number of thiol groups is 1. The number of carbonyl (C=O) groups is 1. The molecule has 1 atom stereocenters. The van der Waals surface area contributed by atoms with Gasteiger partial charge in [0.15, 0.2) is 0 Å². The lowest BCUT2D eigenvalue weighted by Crippen LogP contribution is -2.40. The molecular weight excluding hydrogens is 330 g/mol. The molecule has 1 amide bonds. The van der Waals surface area contributed by atoms with Gasteiger partial charge in [0.05, 0.1) is 18.5 Å². The minimum Gasteiger partial charge on any atom is -0.378 e. The van der Waals surface area contributed by atoms with E-state index in [2.05, 4.69) is 12.6 Å². The summed E-state index contributed by atoms with van der Waals surface area (Å²) < 4.78 is 5.28. The van der Waals surface area contributed by atoms with Crippen LogP contribution >= 0.6 is 24.2 Å². The lowest BCUT2D eigenvalue weighted by atomic mass is 10.0. The molecule has 0 spiro atoms. The van der Waals surface area contributed by atoms with E-state index in [4.69, 9.17) is 16.3 Å². The number of benzene rings is 2. The number of halogens is 1. The third-order valence-electron chi connectivity index (χ3n) is 3.96. The highest BCUT2D eigenvalue weighted by atomic mass is 35.5. The van der Waals surface area contributed by atoms with Gasteiger partial charge < -0.3 is 9.64 Å². The van der Waals surface area contributed by atoms with Crippen LogP contribution in [0.15, 0.2) is 48.5 Å². The van der Waals surface area contributed by atoms with Gasteiger partial charge in [-0.3, -0.25) is 4.79 Å². The van der Waals surface area contributed by atoms with Crippen molar-refractivity contribution in [3.63, 3.8) is 0 Å². The molecule has 1 aliphatic rings. The van der Waals surface area contributed by atoms with Gasteiger partial charge in [-0.15, -0.1) is 0 Å². The van der Waals surface area contributed by atoms with Crippen molar-refractivity contribution in [3.8, 4) is 0 Å². The summed E-state index contributed by atoms with van der Waals surface area (Å²) in [5.74, 6) is 0.0575. The monoisotopic (exact) mass is 347 g/mol. The number of rotatable bonds is 3. The topological polar surface area (TPSA) is 29.5 Å². The summed E-state index contributed by atoms with van der Waals surface area (Å²) in [6.45, 7) is 2.53. The fraction of sp³-hybridized carbons (Fsp3) is 0.278. The Bertz CT molecular complexity index is 666. The number of amides is 1. The molecule has 1 heterocycles. The quantitative estimate of drug-likeness (QED) is 0.855. The zero-order valence-electron chi connectivity index (χ0n) is 12.6. The van der Waals surface area contributed by atoms with Gasteiger partial charge in [-0.2, -0.15) is 12.6 Å². The molecule has 3 rings (SSSR count). The van der Waals surface area contributed by atoms with E-state index in [0.717, 1.165) is 11.1 Å². The molecule has 5 heteroatoms. The van der Waals surface area contributed by atoms with Gasteiger partial charge in [0, 0.05) is 23.7 Å². The van der Waals surface area contributed by atoms with E-state index < -0.39 is 0 Å². The Kier molecular flexibility index (Phi) is 5.26. The summed E-state index contributed by atoms with van der Waals surface area (Å²) in [5.41, 5.74) is 2.83. The van der Waals surface area contributed by atoms with E-state index in [1.54, 1.807) is 0 Å². The lowest BCUT2D eigenvalue weighted by Gasteiger charge is -2.27. The fourth-order valence-electron chi connectivity index (χ4n) is 2.59. The van der Waals surface area contributed by atoms with Gasteiger partial charge in [-0.1, -0.05) is 35.9 Å². The Morgan fingerprint density at radius 2 is 1.52 bits per heavy atom. The second kappa shape index (κ2) is 7.39. The van der Waals surface area contributed by atoms with Crippen molar-refractivity contribution in [3.05, 3.63) is 70.2 Å². The summed E-state index contributed by atoms with van der Waals surface area (Å²) in [5, 5.41) is 0.667. The summed E-state index contributed by atoms with van der Waals surface area (Å²) >= 11 is 10.6. The minimum absolute atomic E-state index is 0.0418. The molecule has 23 heavy (non-hydrogen) atoms. The first-order chi connectivity index (χ1) is 11.1. The Hall–Kier alpha value is -1.49. The van der Waals surface area contributed by atoms with E-state index in [9.17, 15) is 4.79 Å². The Balaban J connectivity index is 1.73. The SMILES string of the molecule is O=C(c1ccc(C(S)c2ccc(Cl)cc2)cc1)N1CCOCC1. The van der Waals surface area contributed by atoms with Crippen LogP contribution in [0.5, 0.6) is 0 Å². The maximum Gasteiger partial charge on any atom is 0.254 e. The minimum atomic E-state index is -0.0418. The smallest absolute Gasteiger partial charge is 0.254 e. The number of nitrogens with zero attached hydrogens (tertiary/aromatic N) is 1. The van der Waals surface area contributed by atoms with Crippen LogP contribution in [-0.2, 0) is 4.74 Å². The first-order valence-electron chi connectivity index (χ1n) is 7.55. The van der Waals surface area contributed by atoms with Crippen LogP contribution in [0.2, 0.25) is 5.02 Å². The molecule has 3 nitrogen and oxygen atoms in total. The van der Waals surface area contributed by atoms with Crippen molar-refractivity contribution < 1.29 is 9.53 Å². The molecule has 2 aromatic rings. The number of hydrogen-bond donors (Lipinski definition) is 1. The maximum absolute atomic E-state index is 12.4. The highest BCUT2D eigenvalue weighted by Crippen LogP contribution is 2.29. The molecule has 0 bridgehead atoms. The van der Waals surface area contributed by atoms with Crippen LogP contribution in [0.1, 0.15) is 26.7 Å². The van der Waals surface area contributed by atoms with Gasteiger partial charge in [0.1, 0.15) is 0 Å². The molecule has 1 aliphatic heterocycles. The number of ether oxygens (including phenoxy) is 1. The third-order valence-corrected chi connectivity index (χ3v) is 4.81. The van der Waals surface area contributed by atoms with Crippen LogP contribution in [0.3, 0.4) is 0 Å². The van der Waals surface area contributed by atoms with Crippen LogP contribution in [0.4, 0.5) is 0 Å². The van der Waals surface area contributed by atoms with Crippen molar-refractivity contribution >= 4 is 30.1 Å². The molecule has 0 aliphatic carbocycles. The predicted octanol–water partition coefficient (Wildman–Crippen LogP) is 3.83. The summed E-state index contributed by atoms with van der Waals surface area (Å²) in [6.07, 6.45) is 0. The van der Waals surface area contributed by atoms with Crippen molar-refractivity contribution in [2.24, 2.45) is 0 Å². The first-order valence-corrected chi connectivity index (χ1v) is 8.45. The molecule has 120 valence electrons. The van der Waals surface area contributed by atoms with Crippen LogP contribution in [0, 0.1) is 0 Å². The van der Waals surface area contributed by atoms with Gasteiger partial charge in [-0.05, 0) is 35.4 Å². The largest absolute Gasteiger partial charge is 0.378 e. The van der Waals surface area contributed by atoms with Crippen molar-refractivity contribution in [2.45, 2.75) is 5.25 Å². The summed E-state index contributed by atoms with van der Waals surface area (Å²) in [4.78, 5) is 14.3. The zero-order valence-corrected chi connectivity index (χ0v) is 14.3. The number of morpholine rings is 1. The van der Waals surface area contributed by atoms with E-state index in [1.165, 1.54) is 0 Å². The molecule has 0 aromatic heterocycles. The average Bonchev–Trinajstić information content (AvgIpc) is 2.62. The Morgan fingerprint density at radius 1 is 1.00 bits per heavy atom. The molecule has 1 unspecified atom stereocenters. The van der Waals surface area contributed by atoms with Gasteiger partial charge in [0.25, 0.3) is 5.91 Å². The molecule has 2 aromatic carbocycles. The zero-order chi connectivity index (χ0) is 16.2. The molecule has 1 saturated heterocycles. The number of carbonyl (C=O) groups excluding carboxylic acids is 1. The first kappa shape index (κ1) is 16.4. The second-order valence-electron chi connectivity index (χ2n) is 5.48. The second-order valence-corrected chi connectivity index (χ2v) is 6.43. The Morgan fingerprint density at radius 3 is 2.09 bits per heavy atom. The third kappa shape index (κ3) is 3.89. The van der Waals surface area contributed by atoms with Crippen molar-refractivity contribution in [1.82, 2.24) is 4.90 Å². The fourth-order valence-corrected chi connectivity index (χ4v) is 3.06. The van der Waals surface area contributed by atoms with Crippen LogP contribution in [-0.4, -0.2) is 37.1 Å². The predicted molar refractivity (Wildman–Crippen MR) is 95.4 cm³/mol. The van der Waals surface area contributed by atoms with Crippen molar-refractivity contribution in [1.29, 1.82) is 0 Å². The van der Waals surface area contributed by atoms with E-state index in [1.807, 2.05) is 53.4 Å². The summed E-state index contributed by atoms with van der Waals surface area (Å²) in [6, 6.07) is 15.3. The standard InChI is InChI=1S/C18H18ClNO2S/c19-16-7-5-14(6-8-16)17(23)13-1-3-15(4-2-13)18(21)20-9-11-22-12-10-20/h1-8,17,23H,9-12H2. The summed E-state index contributed by atoms with van der Waals surface area (Å²) in [7, 11) is 0. The number of hydrogen-bond acceptors (Lipinski definition) is 3. The van der Waals surface area contributed by atoms with Gasteiger partial charge in [-0.25, -0.2) is 0 Å². The highest BCUT2D eigenvalue weighted by Gasteiger charge is 2.18. The maximum atomic E-state index is 12.4. The van der Waals surface area contributed by atoms with Gasteiger partial charge >= 0.3 is 0 Å². The molecule has 1 fully saturated rings. The average molecular weight is 348 g/mol. The van der Waals surface area contributed by atoms with Crippen LogP contribution in [0.25, 0.3) is 0 Å². The molecule has 0 radical (unpaired) electrons. The molecular formula is C18H18ClNO2S. The van der Waals surface area contributed by atoms with E-state index >= 15 is 0 Å². The molecule has 0 N–H and O–H groups in total. The highest BCUT2D eigenvalue weighted by molar-refractivity contribution is 7.80. The lowest BCUT2D eigenvalue weighted by molar-refractivity contribution is 0.0303. The van der Waals surface area contributed by atoms with Crippen molar-refractivity contribution in [2.75, 3.05) is 26.3 Å². The van der Waals surface area contributed by atoms with Gasteiger partial charge in [0.2, 0.25) is 0 Å². The van der Waals surface area contributed by atoms with E-state index in [0.29, 0.717) is 36.9 Å². The molecule has 0 saturated carbocycles. The van der Waals surface area contributed by atoms with E-state index in [-0.39, 0.29) is 11.2 Å².